The number of carbonyl (C=O) groups excluding carboxylic acids is 1. The largest absolute Gasteiger partial charge is 0.444 e. The van der Waals surface area contributed by atoms with Gasteiger partial charge in [0.2, 0.25) is 0 Å². The van der Waals surface area contributed by atoms with Crippen LogP contribution in [0.15, 0.2) is 30.0 Å². The van der Waals surface area contributed by atoms with Crippen molar-refractivity contribution in [2.45, 2.75) is 32.8 Å². The Balaban J connectivity index is 2.16. The Morgan fingerprint density at radius 3 is 2.76 bits per heavy atom. The second-order valence-corrected chi connectivity index (χ2v) is 7.54. The van der Waals surface area contributed by atoms with Crippen molar-refractivity contribution in [3.8, 4) is 0 Å². The minimum Gasteiger partial charge on any atom is -0.444 e. The van der Waals surface area contributed by atoms with Crippen LogP contribution in [-0.4, -0.2) is 18.2 Å². The number of hydrogen-bond acceptors (Lipinski definition) is 4. The lowest BCUT2D eigenvalue weighted by Gasteiger charge is -2.21. The highest BCUT2D eigenvalue weighted by molar-refractivity contribution is 14.2. The Morgan fingerprint density at radius 2 is 2.10 bits per heavy atom. The molecule has 114 valence electrons. The Hall–Kier alpha value is -0.890. The van der Waals surface area contributed by atoms with Gasteiger partial charge in [-0.05, 0) is 32.9 Å². The van der Waals surface area contributed by atoms with E-state index in [1.54, 1.807) is 9.12 Å². The maximum Gasteiger partial charge on any atom is 0.411 e. The monoisotopic (exact) mass is 418 g/mol. The SMILES string of the molecule is CC(C)(C)OC(=O)NC1=Cc2ccccc2N(SI)CC1. The van der Waals surface area contributed by atoms with Gasteiger partial charge in [0.05, 0.1) is 5.69 Å². The molecule has 0 spiro atoms. The van der Waals surface area contributed by atoms with E-state index in [0.29, 0.717) is 0 Å². The first-order valence-corrected chi connectivity index (χ1v) is 10.1. The number of amides is 1. The molecule has 4 nitrogen and oxygen atoms in total. The first-order chi connectivity index (χ1) is 9.89. The van der Waals surface area contributed by atoms with Gasteiger partial charge in [-0.2, -0.15) is 0 Å². The number of nitrogens with zero attached hydrogens (tertiary/aromatic N) is 1. The Labute approximate surface area is 142 Å². The third-order valence-corrected chi connectivity index (χ3v) is 4.84. The number of carbonyl (C=O) groups is 1. The molecular weight excluding hydrogens is 399 g/mol. The molecule has 1 aliphatic heterocycles. The highest BCUT2D eigenvalue weighted by Gasteiger charge is 2.20. The van der Waals surface area contributed by atoms with Gasteiger partial charge >= 0.3 is 6.09 Å². The van der Waals surface area contributed by atoms with E-state index < -0.39 is 11.7 Å². The summed E-state index contributed by atoms with van der Waals surface area (Å²) in [5.41, 5.74) is 2.66. The van der Waals surface area contributed by atoms with Crippen molar-refractivity contribution in [3.63, 3.8) is 0 Å². The number of fused-ring (bicyclic) bond motifs is 1. The maximum atomic E-state index is 11.9. The molecule has 0 bridgehead atoms. The summed E-state index contributed by atoms with van der Waals surface area (Å²) in [5, 5.41) is 2.86. The second kappa shape index (κ2) is 6.91. The summed E-state index contributed by atoms with van der Waals surface area (Å²) in [7, 11) is 1.66. The highest BCUT2D eigenvalue weighted by atomic mass is 127. The zero-order valence-electron chi connectivity index (χ0n) is 12.4. The summed E-state index contributed by atoms with van der Waals surface area (Å²) < 4.78 is 7.53. The van der Waals surface area contributed by atoms with E-state index in [1.807, 2.05) is 39.0 Å². The molecule has 1 aromatic carbocycles. The van der Waals surface area contributed by atoms with Gasteiger partial charge < -0.3 is 9.04 Å². The van der Waals surface area contributed by atoms with Crippen molar-refractivity contribution >= 4 is 48.2 Å². The van der Waals surface area contributed by atoms with Crippen LogP contribution in [0.4, 0.5) is 10.5 Å². The molecule has 0 saturated heterocycles. The number of nitrogens with one attached hydrogen (secondary N) is 1. The number of alkyl carbamates (subject to hydrolysis) is 1. The maximum absolute atomic E-state index is 11.9. The second-order valence-electron chi connectivity index (χ2n) is 5.78. The number of rotatable bonds is 2. The zero-order chi connectivity index (χ0) is 15.5. The van der Waals surface area contributed by atoms with E-state index in [0.717, 1.165) is 29.9 Å². The molecule has 0 fully saturated rings. The van der Waals surface area contributed by atoms with Crippen molar-refractivity contribution in [1.29, 1.82) is 0 Å². The number of halogens is 1. The summed E-state index contributed by atoms with van der Waals surface area (Å²) in [5.74, 6) is 0. The third-order valence-electron chi connectivity index (χ3n) is 2.86. The average molecular weight is 418 g/mol. The van der Waals surface area contributed by atoms with Crippen LogP contribution in [0.2, 0.25) is 0 Å². The predicted molar refractivity (Wildman–Crippen MR) is 97.4 cm³/mol. The van der Waals surface area contributed by atoms with Gasteiger partial charge in [0.15, 0.2) is 0 Å². The molecule has 1 amide bonds. The molecule has 0 saturated carbocycles. The Kier molecular flexibility index (Phi) is 5.43. The van der Waals surface area contributed by atoms with Gasteiger partial charge in [0.1, 0.15) is 5.60 Å². The van der Waals surface area contributed by atoms with Gasteiger partial charge in [-0.1, -0.05) is 18.2 Å². The number of anilines is 1. The lowest BCUT2D eigenvalue weighted by atomic mass is 10.1. The van der Waals surface area contributed by atoms with Crippen molar-refractivity contribution in [2.24, 2.45) is 0 Å². The minimum absolute atomic E-state index is 0.401. The topological polar surface area (TPSA) is 41.6 Å². The van der Waals surface area contributed by atoms with Crippen LogP contribution in [0, 0.1) is 0 Å². The first kappa shape index (κ1) is 16.5. The number of hydrogen-bond donors (Lipinski definition) is 1. The van der Waals surface area contributed by atoms with Crippen molar-refractivity contribution in [2.75, 3.05) is 10.8 Å². The van der Waals surface area contributed by atoms with Gasteiger partial charge in [-0.25, -0.2) is 4.79 Å². The van der Waals surface area contributed by atoms with E-state index >= 15 is 0 Å². The van der Waals surface area contributed by atoms with Crippen LogP contribution in [0.3, 0.4) is 0 Å². The molecule has 1 aliphatic rings. The van der Waals surface area contributed by atoms with E-state index in [1.165, 1.54) is 0 Å². The summed E-state index contributed by atoms with van der Waals surface area (Å²) in [6.45, 7) is 6.42. The summed E-state index contributed by atoms with van der Waals surface area (Å²) in [6.07, 6.45) is 2.39. The fourth-order valence-corrected chi connectivity index (χ4v) is 3.67. The van der Waals surface area contributed by atoms with E-state index in [-0.39, 0.29) is 0 Å². The fraction of sp³-hybridized carbons (Fsp3) is 0.400. The van der Waals surface area contributed by atoms with Crippen molar-refractivity contribution in [1.82, 2.24) is 5.32 Å². The number of benzene rings is 1. The molecule has 0 radical (unpaired) electrons. The van der Waals surface area contributed by atoms with Gasteiger partial charge in [0.25, 0.3) is 0 Å². The quantitative estimate of drug-likeness (QED) is 0.556. The molecule has 2 rings (SSSR count). The lowest BCUT2D eigenvalue weighted by molar-refractivity contribution is 0.0545. The van der Waals surface area contributed by atoms with Crippen LogP contribution in [-0.2, 0) is 4.74 Å². The number of ether oxygens (including phenoxy) is 1. The summed E-state index contributed by atoms with van der Waals surface area (Å²) >= 11 is 2.28. The Morgan fingerprint density at radius 1 is 1.38 bits per heavy atom. The van der Waals surface area contributed by atoms with Crippen LogP contribution < -0.4 is 9.62 Å². The molecule has 1 heterocycles. The zero-order valence-corrected chi connectivity index (χ0v) is 15.3. The first-order valence-electron chi connectivity index (χ1n) is 6.75. The smallest absolute Gasteiger partial charge is 0.411 e. The van der Waals surface area contributed by atoms with Crippen LogP contribution in [0.5, 0.6) is 0 Å². The Bertz CT molecular complexity index is 555. The van der Waals surface area contributed by atoms with E-state index in [4.69, 9.17) is 4.74 Å². The lowest BCUT2D eigenvalue weighted by Crippen LogP contribution is -2.32. The number of para-hydroxylation sites is 1. The molecule has 0 aliphatic carbocycles. The highest BCUT2D eigenvalue weighted by Crippen LogP contribution is 2.34. The van der Waals surface area contributed by atoms with Gasteiger partial charge in [0, 0.05) is 54.6 Å². The minimum atomic E-state index is -0.489. The normalized spacial score (nSPS) is 14.9. The predicted octanol–water partition coefficient (Wildman–Crippen LogP) is 4.76. The van der Waals surface area contributed by atoms with Crippen molar-refractivity contribution in [3.05, 3.63) is 35.5 Å². The van der Waals surface area contributed by atoms with E-state index in [2.05, 4.69) is 43.0 Å². The molecule has 1 aromatic rings. The molecule has 0 atom stereocenters. The molecule has 0 unspecified atom stereocenters. The standard InChI is InChI=1S/C15H19IN2O2S/c1-15(2,3)20-14(19)17-12-8-9-18(21-16)13-7-5-4-6-11(13)10-12/h4-7,10H,8-9H2,1-3H3,(H,17,19). The van der Waals surface area contributed by atoms with E-state index in [9.17, 15) is 4.79 Å². The third kappa shape index (κ3) is 4.81. The molecule has 1 N–H and O–H groups in total. The van der Waals surface area contributed by atoms with Gasteiger partial charge in [-0.3, -0.25) is 5.32 Å². The van der Waals surface area contributed by atoms with Gasteiger partial charge in [-0.15, -0.1) is 0 Å². The van der Waals surface area contributed by atoms with Crippen LogP contribution in [0.25, 0.3) is 6.08 Å². The summed E-state index contributed by atoms with van der Waals surface area (Å²) in [6, 6.07) is 8.17. The molecule has 0 aromatic heterocycles. The van der Waals surface area contributed by atoms with Crippen molar-refractivity contribution < 1.29 is 9.53 Å². The fourth-order valence-electron chi connectivity index (χ4n) is 2.04. The van der Waals surface area contributed by atoms with Crippen LogP contribution in [0.1, 0.15) is 32.8 Å². The molecular formula is C15H19IN2O2S. The molecule has 21 heavy (non-hydrogen) atoms. The molecule has 6 heteroatoms. The average Bonchev–Trinajstić information content (AvgIpc) is 2.55. The summed E-state index contributed by atoms with van der Waals surface area (Å²) in [4.78, 5) is 11.9. The van der Waals surface area contributed by atoms with Crippen LogP contribution >= 0.6 is 30.3 Å².